The van der Waals surface area contributed by atoms with Gasteiger partial charge in [0.05, 0.1) is 7.11 Å². The molecular formula is C24H33NO4. The molecule has 0 spiro atoms. The monoisotopic (exact) mass is 399 g/mol. The van der Waals surface area contributed by atoms with Crippen LogP contribution in [0, 0.1) is 13.8 Å². The molecule has 5 nitrogen and oxygen atoms in total. The van der Waals surface area contributed by atoms with E-state index in [-0.39, 0.29) is 5.41 Å². The summed E-state index contributed by atoms with van der Waals surface area (Å²) >= 11 is 0. The number of benzene rings is 2. The van der Waals surface area contributed by atoms with Gasteiger partial charge in [0, 0.05) is 6.54 Å². The second-order valence-electron chi connectivity index (χ2n) is 8.55. The first kappa shape index (κ1) is 22.8. The normalized spacial score (nSPS) is 12.5. The summed E-state index contributed by atoms with van der Waals surface area (Å²) in [7, 11) is 1.61. The lowest BCUT2D eigenvalue weighted by Gasteiger charge is -2.22. The van der Waals surface area contributed by atoms with E-state index in [1.54, 1.807) is 14.0 Å². The topological polar surface area (TPSA) is 67.8 Å². The lowest BCUT2D eigenvalue weighted by molar-refractivity contribution is -0.139. The quantitative estimate of drug-likeness (QED) is 0.670. The molecule has 29 heavy (non-hydrogen) atoms. The number of aliphatic carboxylic acids is 1. The molecule has 2 rings (SSSR count). The summed E-state index contributed by atoms with van der Waals surface area (Å²) < 4.78 is 11.6. The molecule has 0 heterocycles. The van der Waals surface area contributed by atoms with Gasteiger partial charge in [-0.15, -0.1) is 0 Å². The highest BCUT2D eigenvalue weighted by Crippen LogP contribution is 2.31. The van der Waals surface area contributed by atoms with E-state index >= 15 is 0 Å². The Bertz CT molecular complexity index is 845. The summed E-state index contributed by atoms with van der Waals surface area (Å²) in [5.74, 6) is 0.426. The van der Waals surface area contributed by atoms with Crippen LogP contribution in [0.25, 0.3) is 0 Å². The smallest absolute Gasteiger partial charge is 0.320 e. The van der Waals surface area contributed by atoms with Crippen LogP contribution in [0.3, 0.4) is 0 Å². The molecular weight excluding hydrogens is 366 g/mol. The highest BCUT2D eigenvalue weighted by atomic mass is 16.5. The average molecular weight is 400 g/mol. The van der Waals surface area contributed by atoms with Crippen LogP contribution in [0.15, 0.2) is 30.3 Å². The van der Waals surface area contributed by atoms with Crippen molar-refractivity contribution in [2.24, 2.45) is 0 Å². The van der Waals surface area contributed by atoms with Crippen molar-refractivity contribution in [2.45, 2.75) is 66.2 Å². The SMILES string of the molecule is COc1cc(CN[C@@H](C)C(=O)O)ccc1OCc1c(C)cc(C(C)(C)C)cc1C. The van der Waals surface area contributed by atoms with Crippen molar-refractivity contribution >= 4 is 5.97 Å². The molecule has 2 aromatic rings. The minimum absolute atomic E-state index is 0.111. The van der Waals surface area contributed by atoms with E-state index in [0.717, 1.165) is 5.56 Å². The van der Waals surface area contributed by atoms with E-state index in [0.29, 0.717) is 24.7 Å². The van der Waals surface area contributed by atoms with E-state index in [1.165, 1.54) is 22.3 Å². The Labute approximate surface area is 174 Å². The van der Waals surface area contributed by atoms with Crippen LogP contribution < -0.4 is 14.8 Å². The van der Waals surface area contributed by atoms with Gasteiger partial charge in [0.25, 0.3) is 0 Å². The fourth-order valence-corrected chi connectivity index (χ4v) is 3.10. The molecule has 0 saturated heterocycles. The van der Waals surface area contributed by atoms with Gasteiger partial charge in [-0.25, -0.2) is 0 Å². The summed E-state index contributed by atoms with van der Waals surface area (Å²) in [5, 5.41) is 11.9. The van der Waals surface area contributed by atoms with Crippen molar-refractivity contribution in [3.8, 4) is 11.5 Å². The van der Waals surface area contributed by atoms with Crippen LogP contribution in [0.2, 0.25) is 0 Å². The Balaban J connectivity index is 2.13. The molecule has 0 radical (unpaired) electrons. The molecule has 1 atom stereocenters. The predicted molar refractivity (Wildman–Crippen MR) is 116 cm³/mol. The molecule has 0 aromatic heterocycles. The lowest BCUT2D eigenvalue weighted by atomic mass is 9.84. The van der Waals surface area contributed by atoms with Crippen LogP contribution in [-0.2, 0) is 23.4 Å². The Kier molecular flexibility index (Phi) is 7.31. The van der Waals surface area contributed by atoms with Gasteiger partial charge in [-0.05, 0) is 66.1 Å². The maximum absolute atomic E-state index is 10.9. The number of carboxylic acid groups (broad SMARTS) is 1. The van der Waals surface area contributed by atoms with Gasteiger partial charge in [-0.3, -0.25) is 4.79 Å². The zero-order valence-corrected chi connectivity index (χ0v) is 18.6. The number of aryl methyl sites for hydroxylation is 2. The van der Waals surface area contributed by atoms with Crippen LogP contribution in [0.5, 0.6) is 11.5 Å². The number of nitrogens with one attached hydrogen (secondary N) is 1. The highest BCUT2D eigenvalue weighted by Gasteiger charge is 2.17. The van der Waals surface area contributed by atoms with Gasteiger partial charge in [-0.2, -0.15) is 0 Å². The van der Waals surface area contributed by atoms with Crippen LogP contribution in [0.1, 0.15) is 55.5 Å². The van der Waals surface area contributed by atoms with E-state index in [9.17, 15) is 4.79 Å². The zero-order valence-electron chi connectivity index (χ0n) is 18.6. The number of hydrogen-bond acceptors (Lipinski definition) is 4. The largest absolute Gasteiger partial charge is 0.493 e. The first-order valence-electron chi connectivity index (χ1n) is 9.89. The Hall–Kier alpha value is -2.53. The van der Waals surface area contributed by atoms with Crippen molar-refractivity contribution in [2.75, 3.05) is 7.11 Å². The summed E-state index contributed by atoms with van der Waals surface area (Å²) in [4.78, 5) is 10.9. The number of carbonyl (C=O) groups is 1. The fourth-order valence-electron chi connectivity index (χ4n) is 3.10. The first-order chi connectivity index (χ1) is 13.5. The van der Waals surface area contributed by atoms with Crippen LogP contribution in [0.4, 0.5) is 0 Å². The maximum atomic E-state index is 10.9. The third-order valence-electron chi connectivity index (χ3n) is 5.14. The molecule has 2 aromatic carbocycles. The molecule has 0 aliphatic heterocycles. The zero-order chi connectivity index (χ0) is 21.8. The number of rotatable bonds is 8. The lowest BCUT2D eigenvalue weighted by Crippen LogP contribution is -2.33. The van der Waals surface area contributed by atoms with Gasteiger partial charge < -0.3 is 19.9 Å². The van der Waals surface area contributed by atoms with E-state index < -0.39 is 12.0 Å². The summed E-state index contributed by atoms with van der Waals surface area (Å²) in [6.45, 7) is 13.4. The second kappa shape index (κ2) is 9.31. The van der Waals surface area contributed by atoms with Crippen molar-refractivity contribution in [3.05, 3.63) is 58.1 Å². The van der Waals surface area contributed by atoms with Gasteiger partial charge in [0.1, 0.15) is 12.6 Å². The molecule has 0 bridgehead atoms. The van der Waals surface area contributed by atoms with Crippen LogP contribution >= 0.6 is 0 Å². The van der Waals surface area contributed by atoms with Gasteiger partial charge in [-0.1, -0.05) is 39.0 Å². The van der Waals surface area contributed by atoms with Gasteiger partial charge in [0.15, 0.2) is 11.5 Å². The Morgan fingerprint density at radius 1 is 1.10 bits per heavy atom. The molecule has 2 N–H and O–H groups in total. The third kappa shape index (κ3) is 5.97. The Morgan fingerprint density at radius 2 is 1.72 bits per heavy atom. The van der Waals surface area contributed by atoms with Crippen molar-refractivity contribution in [3.63, 3.8) is 0 Å². The molecule has 0 aliphatic rings. The summed E-state index contributed by atoms with van der Waals surface area (Å²) in [6, 6.07) is 9.53. The fraction of sp³-hybridized carbons (Fsp3) is 0.458. The third-order valence-corrected chi connectivity index (χ3v) is 5.14. The Morgan fingerprint density at radius 3 is 2.24 bits per heavy atom. The second-order valence-corrected chi connectivity index (χ2v) is 8.55. The van der Waals surface area contributed by atoms with Crippen molar-refractivity contribution < 1.29 is 19.4 Å². The number of ether oxygens (including phenoxy) is 2. The maximum Gasteiger partial charge on any atom is 0.320 e. The number of hydrogen-bond donors (Lipinski definition) is 2. The van der Waals surface area contributed by atoms with E-state index in [2.05, 4.69) is 52.1 Å². The predicted octanol–water partition coefficient (Wildman–Crippen LogP) is 4.75. The van der Waals surface area contributed by atoms with Gasteiger partial charge in [0.2, 0.25) is 0 Å². The van der Waals surface area contributed by atoms with E-state index in [4.69, 9.17) is 14.6 Å². The van der Waals surface area contributed by atoms with Gasteiger partial charge >= 0.3 is 5.97 Å². The summed E-state index contributed by atoms with van der Waals surface area (Å²) in [5.41, 5.74) is 5.99. The van der Waals surface area contributed by atoms with Crippen molar-refractivity contribution in [1.82, 2.24) is 5.32 Å². The molecule has 0 unspecified atom stereocenters. The minimum Gasteiger partial charge on any atom is -0.493 e. The minimum atomic E-state index is -0.875. The average Bonchev–Trinajstić information content (AvgIpc) is 2.64. The number of methoxy groups -OCH3 is 1. The highest BCUT2D eigenvalue weighted by molar-refractivity contribution is 5.72. The molecule has 0 amide bonds. The molecule has 5 heteroatoms. The molecule has 0 aliphatic carbocycles. The standard InChI is InChI=1S/C24H33NO4/c1-15-10-19(24(4,5)6)11-16(2)20(15)14-29-21-9-8-18(12-22(21)28-7)13-25-17(3)23(26)27/h8-12,17,25H,13-14H2,1-7H3,(H,26,27)/t17-/m0/s1. The molecule has 0 fully saturated rings. The summed E-state index contributed by atoms with van der Waals surface area (Å²) in [6.07, 6.45) is 0. The molecule has 0 saturated carbocycles. The van der Waals surface area contributed by atoms with E-state index in [1.807, 2.05) is 18.2 Å². The molecule has 158 valence electrons. The first-order valence-corrected chi connectivity index (χ1v) is 9.89. The van der Waals surface area contributed by atoms with Crippen LogP contribution in [-0.4, -0.2) is 24.2 Å². The van der Waals surface area contributed by atoms with Crippen molar-refractivity contribution in [1.29, 1.82) is 0 Å². The number of carboxylic acids is 1.